The van der Waals surface area contributed by atoms with Gasteiger partial charge in [-0.1, -0.05) is 12.1 Å². The summed E-state index contributed by atoms with van der Waals surface area (Å²) in [5.74, 6) is -0.288. The van der Waals surface area contributed by atoms with Crippen molar-refractivity contribution in [3.05, 3.63) is 35.6 Å². The van der Waals surface area contributed by atoms with Crippen molar-refractivity contribution in [1.82, 2.24) is 5.06 Å². The van der Waals surface area contributed by atoms with Gasteiger partial charge < -0.3 is 10.5 Å². The third kappa shape index (κ3) is 2.96. The Balaban J connectivity index is 1.92. The first-order chi connectivity index (χ1) is 8.56. The lowest BCUT2D eigenvalue weighted by atomic mass is 10.1. The van der Waals surface area contributed by atoms with Crippen LogP contribution in [0.4, 0.5) is 9.18 Å². The smallest absolute Gasteiger partial charge is 0.338 e. The zero-order valence-electron chi connectivity index (χ0n) is 9.75. The maximum atomic E-state index is 12.8. The van der Waals surface area contributed by atoms with Gasteiger partial charge in [-0.05, 0) is 30.5 Å². The Kier molecular flexibility index (Phi) is 3.78. The highest BCUT2D eigenvalue weighted by Crippen LogP contribution is 2.32. The fraction of sp³-hybridized carbons (Fsp3) is 0.417. The lowest BCUT2D eigenvalue weighted by Crippen LogP contribution is -2.38. The summed E-state index contributed by atoms with van der Waals surface area (Å²) in [6.07, 6.45) is 1.10. The predicted molar refractivity (Wildman–Crippen MR) is 61.3 cm³/mol. The van der Waals surface area contributed by atoms with Crippen molar-refractivity contribution in [2.45, 2.75) is 25.0 Å². The van der Waals surface area contributed by atoms with Crippen molar-refractivity contribution in [3.63, 3.8) is 0 Å². The molecule has 18 heavy (non-hydrogen) atoms. The molecule has 0 aliphatic carbocycles. The minimum Gasteiger partial charge on any atom is -0.368 e. The molecule has 1 heterocycles. The van der Waals surface area contributed by atoms with E-state index in [4.69, 9.17) is 10.5 Å². The van der Waals surface area contributed by atoms with Crippen molar-refractivity contribution in [3.8, 4) is 0 Å². The van der Waals surface area contributed by atoms with E-state index in [1.54, 1.807) is 12.1 Å². The molecule has 1 saturated heterocycles. The molecule has 0 aromatic heterocycles. The summed E-state index contributed by atoms with van der Waals surface area (Å²) in [5.41, 5.74) is 5.81. The summed E-state index contributed by atoms with van der Waals surface area (Å²) in [5, 5.41) is 9.65. The van der Waals surface area contributed by atoms with E-state index in [2.05, 4.69) is 0 Å². The Hall–Kier alpha value is -1.66. The highest BCUT2D eigenvalue weighted by Gasteiger charge is 2.28. The summed E-state index contributed by atoms with van der Waals surface area (Å²) in [4.78, 5) is 10.7. The first-order valence-electron chi connectivity index (χ1n) is 5.73. The number of nitrogens with zero attached hydrogens (tertiary/aromatic N) is 1. The average Bonchev–Trinajstić information content (AvgIpc) is 2.78. The monoisotopic (exact) mass is 254 g/mol. The molecule has 2 amide bonds. The van der Waals surface area contributed by atoms with Gasteiger partial charge in [0.05, 0.1) is 18.8 Å². The van der Waals surface area contributed by atoms with Crippen LogP contribution in [0.3, 0.4) is 0 Å². The molecular formula is C12H15FN2O3. The molecule has 0 spiro atoms. The Morgan fingerprint density at radius 3 is 2.72 bits per heavy atom. The van der Waals surface area contributed by atoms with E-state index in [0.717, 1.165) is 12.0 Å². The molecule has 1 aromatic carbocycles. The molecule has 98 valence electrons. The number of primary amides is 1. The molecule has 0 saturated carbocycles. The Morgan fingerprint density at radius 1 is 1.44 bits per heavy atom. The van der Waals surface area contributed by atoms with Gasteiger partial charge in [0.2, 0.25) is 0 Å². The number of ether oxygens (including phenoxy) is 1. The number of hydrogen-bond acceptors (Lipinski definition) is 3. The molecule has 3 N–H and O–H groups in total. The van der Waals surface area contributed by atoms with Crippen LogP contribution in [0.5, 0.6) is 0 Å². The van der Waals surface area contributed by atoms with Crippen LogP contribution in [-0.4, -0.2) is 29.0 Å². The van der Waals surface area contributed by atoms with Crippen LogP contribution in [-0.2, 0) is 4.74 Å². The standard InChI is InChI=1S/C12H15FN2O3/c13-9-3-1-8(2-4-9)11-6-5-10(18-11)7-15(17)12(14)16/h1-4,10-11,17H,5-7H2,(H2,14,16)/t10-,11-/m0/s1. The third-order valence-electron chi connectivity index (χ3n) is 2.98. The number of urea groups is 1. The van der Waals surface area contributed by atoms with Gasteiger partial charge >= 0.3 is 6.03 Å². The molecule has 1 fully saturated rings. The molecule has 5 nitrogen and oxygen atoms in total. The van der Waals surface area contributed by atoms with Gasteiger partial charge in [0.15, 0.2) is 0 Å². The van der Waals surface area contributed by atoms with Gasteiger partial charge in [-0.15, -0.1) is 0 Å². The molecule has 0 unspecified atom stereocenters. The number of rotatable bonds is 3. The second-order valence-electron chi connectivity index (χ2n) is 4.30. The fourth-order valence-electron chi connectivity index (χ4n) is 2.05. The molecule has 0 bridgehead atoms. The normalized spacial score (nSPS) is 23.0. The molecular weight excluding hydrogens is 239 g/mol. The maximum Gasteiger partial charge on any atom is 0.338 e. The van der Waals surface area contributed by atoms with E-state index in [1.807, 2.05) is 0 Å². The van der Waals surface area contributed by atoms with E-state index >= 15 is 0 Å². The zero-order chi connectivity index (χ0) is 13.1. The van der Waals surface area contributed by atoms with Crippen molar-refractivity contribution in [1.29, 1.82) is 0 Å². The van der Waals surface area contributed by atoms with E-state index in [0.29, 0.717) is 11.5 Å². The molecule has 0 radical (unpaired) electrons. The number of carbonyl (C=O) groups excluding carboxylic acids is 1. The van der Waals surface area contributed by atoms with Gasteiger partial charge in [0.25, 0.3) is 0 Å². The van der Waals surface area contributed by atoms with Crippen molar-refractivity contribution >= 4 is 6.03 Å². The molecule has 2 atom stereocenters. The predicted octanol–water partition coefficient (Wildman–Crippen LogP) is 1.82. The largest absolute Gasteiger partial charge is 0.368 e. The first-order valence-corrected chi connectivity index (χ1v) is 5.73. The summed E-state index contributed by atoms with van der Waals surface area (Å²) < 4.78 is 18.5. The van der Waals surface area contributed by atoms with Crippen LogP contribution in [0.25, 0.3) is 0 Å². The van der Waals surface area contributed by atoms with Gasteiger partial charge in [-0.2, -0.15) is 0 Å². The Labute approximate surface area is 104 Å². The number of hydrogen-bond donors (Lipinski definition) is 2. The highest BCUT2D eigenvalue weighted by molar-refractivity contribution is 5.70. The molecule has 6 heteroatoms. The van der Waals surface area contributed by atoms with E-state index in [9.17, 15) is 14.4 Å². The zero-order valence-corrected chi connectivity index (χ0v) is 9.75. The lowest BCUT2D eigenvalue weighted by Gasteiger charge is -2.18. The number of amides is 2. The first kappa shape index (κ1) is 12.8. The van der Waals surface area contributed by atoms with Crippen LogP contribution in [0.15, 0.2) is 24.3 Å². The summed E-state index contributed by atoms with van der Waals surface area (Å²) in [6.45, 7) is 0.0486. The van der Waals surface area contributed by atoms with E-state index in [1.165, 1.54) is 12.1 Å². The average molecular weight is 254 g/mol. The van der Waals surface area contributed by atoms with Gasteiger partial charge in [-0.3, -0.25) is 5.21 Å². The van der Waals surface area contributed by atoms with Crippen molar-refractivity contribution in [2.75, 3.05) is 6.54 Å². The third-order valence-corrected chi connectivity index (χ3v) is 2.98. The van der Waals surface area contributed by atoms with Gasteiger partial charge in [0, 0.05) is 0 Å². The minimum atomic E-state index is -0.899. The van der Waals surface area contributed by atoms with Crippen molar-refractivity contribution in [2.24, 2.45) is 5.73 Å². The lowest BCUT2D eigenvalue weighted by molar-refractivity contribution is -0.0788. The van der Waals surface area contributed by atoms with Crippen molar-refractivity contribution < 1.29 is 19.1 Å². The van der Waals surface area contributed by atoms with Gasteiger partial charge in [-0.25, -0.2) is 14.2 Å². The van der Waals surface area contributed by atoms with Crippen LogP contribution in [0.1, 0.15) is 24.5 Å². The molecule has 2 rings (SSSR count). The van der Waals surface area contributed by atoms with Crippen LogP contribution >= 0.6 is 0 Å². The highest BCUT2D eigenvalue weighted by atomic mass is 19.1. The van der Waals surface area contributed by atoms with Gasteiger partial charge in [0.1, 0.15) is 5.82 Å². The van der Waals surface area contributed by atoms with E-state index in [-0.39, 0.29) is 24.6 Å². The van der Waals surface area contributed by atoms with Crippen LogP contribution in [0.2, 0.25) is 0 Å². The molecule has 1 aliphatic heterocycles. The number of carbonyl (C=O) groups is 1. The second-order valence-corrected chi connectivity index (χ2v) is 4.30. The Morgan fingerprint density at radius 2 is 2.11 bits per heavy atom. The van der Waals surface area contributed by atoms with Crippen LogP contribution < -0.4 is 5.73 Å². The Bertz CT molecular complexity index is 424. The maximum absolute atomic E-state index is 12.8. The molecule has 1 aromatic rings. The SMILES string of the molecule is NC(=O)N(O)C[C@@H]1CC[C@@H](c2ccc(F)cc2)O1. The molecule has 1 aliphatic rings. The summed E-state index contributed by atoms with van der Waals surface area (Å²) >= 11 is 0. The summed E-state index contributed by atoms with van der Waals surface area (Å²) in [6, 6.07) is 5.21. The fourth-order valence-corrected chi connectivity index (χ4v) is 2.05. The number of halogens is 1. The van der Waals surface area contributed by atoms with Crippen LogP contribution in [0, 0.1) is 5.82 Å². The number of nitrogens with two attached hydrogens (primary N) is 1. The second kappa shape index (κ2) is 5.32. The summed E-state index contributed by atoms with van der Waals surface area (Å²) in [7, 11) is 0. The van der Waals surface area contributed by atoms with E-state index < -0.39 is 6.03 Å². The quantitative estimate of drug-likeness (QED) is 0.638. The number of hydroxylamine groups is 2. The topological polar surface area (TPSA) is 75.8 Å². The minimum absolute atomic E-state index is 0.0486. The number of benzene rings is 1.